The highest BCUT2D eigenvalue weighted by Crippen LogP contribution is 2.29. The molecule has 0 unspecified atom stereocenters. The number of sulfonamides is 1. The second-order valence-electron chi connectivity index (χ2n) is 4.52. The van der Waals surface area contributed by atoms with Crippen molar-refractivity contribution in [1.29, 1.82) is 0 Å². The molecule has 5 nitrogen and oxygen atoms in total. The molecule has 1 saturated carbocycles. The summed E-state index contributed by atoms with van der Waals surface area (Å²) >= 11 is 0. The smallest absolute Gasteiger partial charge is 0.255 e. The molecule has 0 saturated heterocycles. The fourth-order valence-electron chi connectivity index (χ4n) is 1.97. The number of rotatable bonds is 5. The molecule has 1 aromatic carbocycles. The minimum Gasteiger partial charge on any atom is -0.332 e. The van der Waals surface area contributed by atoms with Gasteiger partial charge in [-0.25, -0.2) is 13.6 Å². The van der Waals surface area contributed by atoms with Gasteiger partial charge in [0.1, 0.15) is 0 Å². The minimum absolute atomic E-state index is 0.124. The van der Waals surface area contributed by atoms with Crippen molar-refractivity contribution in [1.82, 2.24) is 4.90 Å². The Labute approximate surface area is 112 Å². The van der Waals surface area contributed by atoms with Crippen LogP contribution in [0.4, 0.5) is 0 Å². The number of amides is 1. The molecule has 0 radical (unpaired) electrons. The highest BCUT2D eigenvalue weighted by Gasteiger charge is 2.33. The van der Waals surface area contributed by atoms with Crippen molar-refractivity contribution in [2.45, 2.75) is 23.8 Å². The van der Waals surface area contributed by atoms with Gasteiger partial charge in [0.2, 0.25) is 10.0 Å². The van der Waals surface area contributed by atoms with Crippen LogP contribution < -0.4 is 5.14 Å². The first kappa shape index (κ1) is 13.8. The summed E-state index contributed by atoms with van der Waals surface area (Å²) in [6.07, 6.45) is 3.52. The summed E-state index contributed by atoms with van der Waals surface area (Å²) < 4.78 is 23.0. The molecule has 1 fully saturated rings. The Morgan fingerprint density at radius 3 is 2.58 bits per heavy atom. The molecule has 1 aliphatic carbocycles. The van der Waals surface area contributed by atoms with Crippen molar-refractivity contribution in [3.8, 4) is 0 Å². The summed E-state index contributed by atoms with van der Waals surface area (Å²) in [4.78, 5) is 13.9. The number of primary sulfonamides is 1. The van der Waals surface area contributed by atoms with Gasteiger partial charge in [-0.3, -0.25) is 4.79 Å². The predicted molar refractivity (Wildman–Crippen MR) is 72.1 cm³/mol. The van der Waals surface area contributed by atoms with E-state index in [1.54, 1.807) is 23.1 Å². The molecule has 0 aliphatic heterocycles. The molecule has 6 heteroatoms. The molecule has 2 rings (SSSR count). The van der Waals surface area contributed by atoms with Crippen molar-refractivity contribution >= 4 is 15.9 Å². The molecule has 0 heterocycles. The van der Waals surface area contributed by atoms with Crippen LogP contribution in [-0.4, -0.2) is 31.8 Å². The first-order valence-corrected chi connectivity index (χ1v) is 7.53. The van der Waals surface area contributed by atoms with Gasteiger partial charge in [-0.1, -0.05) is 18.2 Å². The largest absolute Gasteiger partial charge is 0.332 e. The maximum atomic E-state index is 12.4. The lowest BCUT2D eigenvalue weighted by molar-refractivity contribution is 0.0759. The van der Waals surface area contributed by atoms with E-state index in [2.05, 4.69) is 6.58 Å². The van der Waals surface area contributed by atoms with E-state index in [-0.39, 0.29) is 22.4 Å². The number of hydrogen-bond donors (Lipinski definition) is 1. The molecule has 0 bridgehead atoms. The fourth-order valence-corrected chi connectivity index (χ4v) is 2.70. The van der Waals surface area contributed by atoms with Gasteiger partial charge >= 0.3 is 0 Å². The average molecular weight is 280 g/mol. The molecule has 102 valence electrons. The molecule has 1 aromatic rings. The number of nitrogens with two attached hydrogens (primary N) is 1. The van der Waals surface area contributed by atoms with Gasteiger partial charge in [-0.05, 0) is 25.0 Å². The number of carbonyl (C=O) groups excluding carboxylic acids is 1. The lowest BCUT2D eigenvalue weighted by Gasteiger charge is -2.21. The van der Waals surface area contributed by atoms with E-state index in [1.165, 1.54) is 12.1 Å². The second-order valence-corrected chi connectivity index (χ2v) is 6.05. The van der Waals surface area contributed by atoms with Crippen LogP contribution in [0.25, 0.3) is 0 Å². The second kappa shape index (κ2) is 5.14. The SMILES string of the molecule is C=CCN(C(=O)c1ccccc1S(N)(=O)=O)C1CC1. The van der Waals surface area contributed by atoms with Gasteiger partial charge in [0.05, 0.1) is 10.5 Å². The Kier molecular flexibility index (Phi) is 3.73. The molecular formula is C13H16N2O3S. The maximum Gasteiger partial charge on any atom is 0.255 e. The number of carbonyl (C=O) groups is 1. The lowest BCUT2D eigenvalue weighted by atomic mass is 10.2. The third kappa shape index (κ3) is 3.02. The monoisotopic (exact) mass is 280 g/mol. The third-order valence-electron chi connectivity index (χ3n) is 3.00. The van der Waals surface area contributed by atoms with Gasteiger partial charge < -0.3 is 4.90 Å². The highest BCUT2D eigenvalue weighted by molar-refractivity contribution is 7.89. The lowest BCUT2D eigenvalue weighted by Crippen LogP contribution is -2.34. The quantitative estimate of drug-likeness (QED) is 0.821. The summed E-state index contributed by atoms with van der Waals surface area (Å²) in [5.41, 5.74) is 0.124. The van der Waals surface area contributed by atoms with Gasteiger partial charge in [0.25, 0.3) is 5.91 Å². The molecule has 19 heavy (non-hydrogen) atoms. The van der Waals surface area contributed by atoms with Crippen molar-refractivity contribution in [3.63, 3.8) is 0 Å². The molecule has 1 aliphatic rings. The van der Waals surface area contributed by atoms with Crippen LogP contribution in [0.1, 0.15) is 23.2 Å². The standard InChI is InChI=1S/C13H16N2O3S/c1-2-9-15(10-7-8-10)13(16)11-5-3-4-6-12(11)19(14,17)18/h2-6,10H,1,7-9H2,(H2,14,17,18). The van der Waals surface area contributed by atoms with Crippen LogP contribution in [0.5, 0.6) is 0 Å². The Bertz CT molecular complexity index is 606. The van der Waals surface area contributed by atoms with Crippen LogP contribution in [0.15, 0.2) is 41.8 Å². The summed E-state index contributed by atoms with van der Waals surface area (Å²) in [5, 5.41) is 5.14. The zero-order valence-electron chi connectivity index (χ0n) is 10.5. The minimum atomic E-state index is -3.91. The van der Waals surface area contributed by atoms with Crippen molar-refractivity contribution in [2.75, 3.05) is 6.54 Å². The first-order chi connectivity index (χ1) is 8.95. The Balaban J connectivity index is 2.40. The normalized spacial score (nSPS) is 15.0. The van der Waals surface area contributed by atoms with E-state index in [4.69, 9.17) is 5.14 Å². The summed E-state index contributed by atoms with van der Waals surface area (Å²) in [7, 11) is -3.91. The van der Waals surface area contributed by atoms with Crippen molar-refractivity contribution in [3.05, 3.63) is 42.5 Å². The number of nitrogens with zero attached hydrogens (tertiary/aromatic N) is 1. The molecule has 0 atom stereocenters. The van der Waals surface area contributed by atoms with E-state index in [1.807, 2.05) is 0 Å². The summed E-state index contributed by atoms with van der Waals surface area (Å²) in [6, 6.07) is 6.19. The zero-order chi connectivity index (χ0) is 14.0. The van der Waals surface area contributed by atoms with E-state index >= 15 is 0 Å². The van der Waals surface area contributed by atoms with Gasteiger partial charge in [-0.15, -0.1) is 6.58 Å². The molecule has 0 spiro atoms. The van der Waals surface area contributed by atoms with Gasteiger partial charge in [0.15, 0.2) is 0 Å². The van der Waals surface area contributed by atoms with E-state index in [0.29, 0.717) is 6.54 Å². The predicted octanol–water partition coefficient (Wildman–Crippen LogP) is 1.12. The Hall–Kier alpha value is -1.66. The van der Waals surface area contributed by atoms with Crippen molar-refractivity contribution in [2.24, 2.45) is 5.14 Å². The molecule has 1 amide bonds. The third-order valence-corrected chi connectivity index (χ3v) is 3.97. The topological polar surface area (TPSA) is 80.5 Å². The van der Waals surface area contributed by atoms with Gasteiger partial charge in [0, 0.05) is 12.6 Å². The number of hydrogen-bond acceptors (Lipinski definition) is 3. The number of benzene rings is 1. The van der Waals surface area contributed by atoms with Crippen LogP contribution in [0.2, 0.25) is 0 Å². The molecular weight excluding hydrogens is 264 g/mol. The van der Waals surface area contributed by atoms with E-state index in [0.717, 1.165) is 12.8 Å². The van der Waals surface area contributed by atoms with Gasteiger partial charge in [-0.2, -0.15) is 0 Å². The first-order valence-electron chi connectivity index (χ1n) is 5.99. The van der Waals surface area contributed by atoms with Crippen LogP contribution in [-0.2, 0) is 10.0 Å². The zero-order valence-corrected chi connectivity index (χ0v) is 11.3. The van der Waals surface area contributed by atoms with E-state index < -0.39 is 10.0 Å². The fraction of sp³-hybridized carbons (Fsp3) is 0.308. The van der Waals surface area contributed by atoms with Crippen LogP contribution in [0.3, 0.4) is 0 Å². The molecule has 2 N–H and O–H groups in total. The van der Waals surface area contributed by atoms with Crippen molar-refractivity contribution < 1.29 is 13.2 Å². The molecule has 0 aromatic heterocycles. The Morgan fingerprint density at radius 2 is 2.05 bits per heavy atom. The summed E-state index contributed by atoms with van der Waals surface area (Å²) in [6.45, 7) is 4.03. The Morgan fingerprint density at radius 1 is 1.42 bits per heavy atom. The average Bonchev–Trinajstić information content (AvgIpc) is 3.18. The van der Waals surface area contributed by atoms with Crippen LogP contribution in [0, 0.1) is 0 Å². The maximum absolute atomic E-state index is 12.4. The summed E-state index contributed by atoms with van der Waals surface area (Å²) in [5.74, 6) is -0.313. The van der Waals surface area contributed by atoms with Crippen LogP contribution >= 0.6 is 0 Å². The van der Waals surface area contributed by atoms with E-state index in [9.17, 15) is 13.2 Å². The highest BCUT2D eigenvalue weighted by atomic mass is 32.2.